The van der Waals surface area contributed by atoms with E-state index in [0.29, 0.717) is 25.9 Å². The number of halogens is 4. The number of benzene rings is 2. The summed E-state index contributed by atoms with van der Waals surface area (Å²) in [5, 5.41) is 2.95. The summed E-state index contributed by atoms with van der Waals surface area (Å²) in [6.07, 6.45) is 1.31. The van der Waals surface area contributed by atoms with Crippen LogP contribution in [0.5, 0.6) is 0 Å². The Bertz CT molecular complexity index is 787. The maximum absolute atomic E-state index is 13.7. The van der Waals surface area contributed by atoms with Gasteiger partial charge in [0.15, 0.2) is 0 Å². The van der Waals surface area contributed by atoms with Gasteiger partial charge in [0.1, 0.15) is 17.5 Å². The largest absolute Gasteiger partial charge is 0.349 e. The van der Waals surface area contributed by atoms with Crippen molar-refractivity contribution in [3.63, 3.8) is 0 Å². The Hall–Kier alpha value is -2.05. The third-order valence-electron chi connectivity index (χ3n) is 4.54. The van der Waals surface area contributed by atoms with Gasteiger partial charge in [0.2, 0.25) is 0 Å². The number of piperidine rings is 1. The van der Waals surface area contributed by atoms with Crippen molar-refractivity contribution in [1.29, 1.82) is 0 Å². The topological polar surface area (TPSA) is 32.3 Å². The lowest BCUT2D eigenvalue weighted by atomic mass is 10.0. The van der Waals surface area contributed by atoms with Crippen molar-refractivity contribution >= 4 is 17.5 Å². The van der Waals surface area contributed by atoms with Crippen LogP contribution in [0.15, 0.2) is 36.4 Å². The second kappa shape index (κ2) is 8.10. The lowest BCUT2D eigenvalue weighted by molar-refractivity contribution is 0.0908. The van der Waals surface area contributed by atoms with Crippen LogP contribution in [-0.2, 0) is 6.54 Å². The molecule has 0 atom stereocenters. The molecule has 0 unspecified atom stereocenters. The normalized spacial score (nSPS) is 15.8. The van der Waals surface area contributed by atoms with E-state index in [-0.39, 0.29) is 34.6 Å². The molecule has 0 aliphatic carbocycles. The van der Waals surface area contributed by atoms with Crippen LogP contribution in [0.1, 0.15) is 28.8 Å². The van der Waals surface area contributed by atoms with Crippen molar-refractivity contribution in [2.24, 2.45) is 0 Å². The highest BCUT2D eigenvalue weighted by Crippen LogP contribution is 2.20. The lowest BCUT2D eigenvalue weighted by Gasteiger charge is -2.32. The van der Waals surface area contributed by atoms with Gasteiger partial charge in [-0.25, -0.2) is 13.2 Å². The zero-order valence-corrected chi connectivity index (χ0v) is 14.7. The number of nitrogens with zero attached hydrogens (tertiary/aromatic N) is 1. The van der Waals surface area contributed by atoms with Crippen molar-refractivity contribution in [3.05, 3.63) is 70.0 Å². The molecule has 0 bridgehead atoms. The summed E-state index contributed by atoms with van der Waals surface area (Å²) < 4.78 is 40.6. The van der Waals surface area contributed by atoms with Crippen LogP contribution in [0.4, 0.5) is 13.2 Å². The van der Waals surface area contributed by atoms with Crippen molar-refractivity contribution in [1.82, 2.24) is 10.2 Å². The Morgan fingerprint density at radius 1 is 1.12 bits per heavy atom. The van der Waals surface area contributed by atoms with Crippen LogP contribution in [0, 0.1) is 17.5 Å². The van der Waals surface area contributed by atoms with Gasteiger partial charge < -0.3 is 5.32 Å². The average molecular weight is 383 g/mol. The molecule has 0 radical (unpaired) electrons. The van der Waals surface area contributed by atoms with E-state index >= 15 is 0 Å². The second-order valence-corrected chi connectivity index (χ2v) is 6.76. The Balaban J connectivity index is 1.54. The quantitative estimate of drug-likeness (QED) is 0.861. The summed E-state index contributed by atoms with van der Waals surface area (Å²) in [5.74, 6) is -1.95. The van der Waals surface area contributed by atoms with Crippen LogP contribution >= 0.6 is 11.6 Å². The summed E-state index contributed by atoms with van der Waals surface area (Å²) in [6.45, 7) is 1.41. The van der Waals surface area contributed by atoms with Crippen LogP contribution in [0.2, 0.25) is 5.02 Å². The molecule has 1 saturated heterocycles. The molecule has 0 spiro atoms. The van der Waals surface area contributed by atoms with Crippen molar-refractivity contribution < 1.29 is 18.0 Å². The molecule has 3 nitrogen and oxygen atoms in total. The molecule has 0 saturated carbocycles. The first-order valence-corrected chi connectivity index (χ1v) is 8.73. The highest BCUT2D eigenvalue weighted by molar-refractivity contribution is 6.33. The van der Waals surface area contributed by atoms with E-state index in [2.05, 4.69) is 5.32 Å². The molecular weight excluding hydrogens is 365 g/mol. The van der Waals surface area contributed by atoms with E-state index in [4.69, 9.17) is 11.6 Å². The van der Waals surface area contributed by atoms with Crippen molar-refractivity contribution in [2.45, 2.75) is 25.4 Å². The molecule has 26 heavy (non-hydrogen) atoms. The number of hydrogen-bond acceptors (Lipinski definition) is 2. The predicted molar refractivity (Wildman–Crippen MR) is 93.5 cm³/mol. The molecule has 7 heteroatoms. The summed E-state index contributed by atoms with van der Waals surface area (Å²) in [5.41, 5.74) is 0.289. The first-order valence-electron chi connectivity index (χ1n) is 8.35. The van der Waals surface area contributed by atoms with Crippen LogP contribution < -0.4 is 5.32 Å². The van der Waals surface area contributed by atoms with Crippen LogP contribution in [-0.4, -0.2) is 29.9 Å². The predicted octanol–water partition coefficient (Wildman–Crippen LogP) is 4.15. The molecule has 1 N–H and O–H groups in total. The van der Waals surface area contributed by atoms with Gasteiger partial charge in [0, 0.05) is 31.2 Å². The Morgan fingerprint density at radius 3 is 2.38 bits per heavy atom. The number of rotatable bonds is 4. The maximum atomic E-state index is 13.7. The Kier molecular flexibility index (Phi) is 5.84. The molecule has 1 amide bonds. The molecule has 3 rings (SSSR count). The number of carbonyl (C=O) groups excluding carboxylic acids is 1. The lowest BCUT2D eigenvalue weighted by Crippen LogP contribution is -2.44. The van der Waals surface area contributed by atoms with E-state index in [1.807, 2.05) is 4.90 Å². The minimum absolute atomic E-state index is 0.0630. The number of amides is 1. The first-order chi connectivity index (χ1) is 12.4. The summed E-state index contributed by atoms with van der Waals surface area (Å²) in [6, 6.07) is 7.41. The highest BCUT2D eigenvalue weighted by Gasteiger charge is 2.23. The average Bonchev–Trinajstić information content (AvgIpc) is 2.59. The van der Waals surface area contributed by atoms with Crippen LogP contribution in [0.25, 0.3) is 0 Å². The van der Waals surface area contributed by atoms with Gasteiger partial charge in [-0.1, -0.05) is 17.7 Å². The number of nitrogens with one attached hydrogen (secondary N) is 1. The zero-order chi connectivity index (χ0) is 18.7. The first kappa shape index (κ1) is 18.7. The van der Waals surface area contributed by atoms with Gasteiger partial charge in [-0.15, -0.1) is 0 Å². The third kappa shape index (κ3) is 4.37. The van der Waals surface area contributed by atoms with Gasteiger partial charge in [0.05, 0.1) is 10.6 Å². The van der Waals surface area contributed by atoms with Gasteiger partial charge >= 0.3 is 0 Å². The number of likely N-dealkylation sites (tertiary alicyclic amines) is 1. The molecule has 1 aliphatic rings. The fourth-order valence-corrected chi connectivity index (χ4v) is 3.33. The molecule has 1 aliphatic heterocycles. The molecule has 0 aromatic heterocycles. The zero-order valence-electron chi connectivity index (χ0n) is 13.9. The Morgan fingerprint density at radius 2 is 1.77 bits per heavy atom. The minimum atomic E-state index is -0.550. The van der Waals surface area contributed by atoms with Crippen LogP contribution in [0.3, 0.4) is 0 Å². The van der Waals surface area contributed by atoms with Gasteiger partial charge in [-0.3, -0.25) is 9.69 Å². The second-order valence-electron chi connectivity index (χ2n) is 6.35. The van der Waals surface area contributed by atoms with E-state index in [0.717, 1.165) is 6.07 Å². The minimum Gasteiger partial charge on any atom is -0.349 e. The SMILES string of the molecule is O=C(NC1CCN(Cc2c(F)cccc2F)CC1)c1ccc(F)cc1Cl. The van der Waals surface area contributed by atoms with E-state index in [9.17, 15) is 18.0 Å². The third-order valence-corrected chi connectivity index (χ3v) is 4.85. The molecule has 2 aromatic carbocycles. The molecule has 1 heterocycles. The summed E-state index contributed by atoms with van der Waals surface area (Å²) >= 11 is 5.91. The van der Waals surface area contributed by atoms with E-state index in [1.165, 1.54) is 30.3 Å². The smallest absolute Gasteiger partial charge is 0.253 e. The van der Waals surface area contributed by atoms with Crippen molar-refractivity contribution in [2.75, 3.05) is 13.1 Å². The van der Waals surface area contributed by atoms with Gasteiger partial charge in [0.25, 0.3) is 5.91 Å². The van der Waals surface area contributed by atoms with E-state index in [1.54, 1.807) is 0 Å². The van der Waals surface area contributed by atoms with Gasteiger partial charge in [-0.2, -0.15) is 0 Å². The number of carbonyl (C=O) groups is 1. The molecule has 138 valence electrons. The molecular formula is C19H18ClF3N2O. The summed E-state index contributed by atoms with van der Waals surface area (Å²) in [4.78, 5) is 14.2. The summed E-state index contributed by atoms with van der Waals surface area (Å²) in [7, 11) is 0. The number of hydrogen-bond donors (Lipinski definition) is 1. The monoisotopic (exact) mass is 382 g/mol. The van der Waals surface area contributed by atoms with E-state index < -0.39 is 17.5 Å². The highest BCUT2D eigenvalue weighted by atomic mass is 35.5. The van der Waals surface area contributed by atoms with Crippen molar-refractivity contribution in [3.8, 4) is 0 Å². The maximum Gasteiger partial charge on any atom is 0.253 e. The Labute approximate surface area is 154 Å². The fourth-order valence-electron chi connectivity index (χ4n) is 3.08. The standard InChI is InChI=1S/C19H18ClF3N2O/c20-16-10-12(21)4-5-14(16)19(26)24-13-6-8-25(9-7-13)11-15-17(22)2-1-3-18(15)23/h1-5,10,13H,6-9,11H2,(H,24,26). The fraction of sp³-hybridized carbons (Fsp3) is 0.316. The van der Waals surface area contributed by atoms with Gasteiger partial charge in [-0.05, 0) is 43.2 Å². The molecule has 1 fully saturated rings. The molecule has 2 aromatic rings.